The van der Waals surface area contributed by atoms with Crippen LogP contribution >= 0.6 is 11.3 Å². The second-order valence-corrected chi connectivity index (χ2v) is 7.31. The Morgan fingerprint density at radius 1 is 1.28 bits per heavy atom. The van der Waals surface area contributed by atoms with Gasteiger partial charge in [0.2, 0.25) is 5.91 Å². The zero-order chi connectivity index (χ0) is 21.0. The number of rotatable bonds is 7. The van der Waals surface area contributed by atoms with E-state index in [0.717, 1.165) is 23.2 Å². The van der Waals surface area contributed by atoms with E-state index in [4.69, 9.17) is 4.74 Å². The third-order valence-corrected chi connectivity index (χ3v) is 5.22. The van der Waals surface area contributed by atoms with Crippen LogP contribution in [0.5, 0.6) is 5.75 Å². The third-order valence-electron chi connectivity index (χ3n) is 4.35. The predicted octanol–water partition coefficient (Wildman–Crippen LogP) is 5.19. The number of hydrogen-bond acceptors (Lipinski definition) is 6. The van der Waals surface area contributed by atoms with Crippen LogP contribution in [0.1, 0.15) is 30.7 Å². The zero-order valence-electron chi connectivity index (χ0n) is 16.4. The highest BCUT2D eigenvalue weighted by molar-refractivity contribution is 7.14. The maximum Gasteiger partial charge on any atom is 0.310 e. The standard InChI is InChI=1S/C21H21N3O4S/c1-4-16-7-5-6-8-18(16)23(15(3)25)21-22-17(13-29-21)12-28-20-11-14(2)9-10-19(20)24(26)27/h5-11,13H,4,12H2,1-3H3. The first kappa shape index (κ1) is 20.5. The minimum absolute atomic E-state index is 0.0714. The average Bonchev–Trinajstić information content (AvgIpc) is 3.15. The second kappa shape index (κ2) is 8.83. The van der Waals surface area contributed by atoms with Crippen molar-refractivity contribution >= 4 is 33.8 Å². The molecule has 0 aliphatic heterocycles. The number of ether oxygens (including phenoxy) is 1. The van der Waals surface area contributed by atoms with Crippen molar-refractivity contribution in [2.45, 2.75) is 33.8 Å². The number of aryl methyl sites for hydroxylation is 2. The van der Waals surface area contributed by atoms with E-state index in [-0.39, 0.29) is 24.0 Å². The third kappa shape index (κ3) is 4.60. The molecule has 0 aliphatic carbocycles. The Labute approximate surface area is 172 Å². The van der Waals surface area contributed by atoms with Crippen LogP contribution in [-0.4, -0.2) is 15.8 Å². The summed E-state index contributed by atoms with van der Waals surface area (Å²) in [5.41, 5.74) is 3.22. The Balaban J connectivity index is 1.84. The number of nitro groups is 1. The summed E-state index contributed by atoms with van der Waals surface area (Å²) in [6.07, 6.45) is 0.790. The smallest absolute Gasteiger partial charge is 0.310 e. The van der Waals surface area contributed by atoms with Gasteiger partial charge < -0.3 is 4.74 Å². The molecule has 29 heavy (non-hydrogen) atoms. The molecule has 0 saturated heterocycles. The summed E-state index contributed by atoms with van der Waals surface area (Å²) in [5, 5.41) is 13.5. The summed E-state index contributed by atoms with van der Waals surface area (Å²) in [6.45, 7) is 5.45. The molecule has 0 aliphatic rings. The van der Waals surface area contributed by atoms with Crippen molar-refractivity contribution in [1.29, 1.82) is 0 Å². The second-order valence-electron chi connectivity index (χ2n) is 6.48. The van der Waals surface area contributed by atoms with Gasteiger partial charge in [-0.05, 0) is 36.6 Å². The highest BCUT2D eigenvalue weighted by atomic mass is 32.1. The maximum absolute atomic E-state index is 12.3. The summed E-state index contributed by atoms with van der Waals surface area (Å²) in [4.78, 5) is 29.2. The van der Waals surface area contributed by atoms with Gasteiger partial charge in [-0.1, -0.05) is 31.2 Å². The molecular weight excluding hydrogens is 390 g/mol. The minimum atomic E-state index is -0.472. The van der Waals surface area contributed by atoms with Crippen LogP contribution < -0.4 is 9.64 Å². The molecule has 1 aromatic heterocycles. The van der Waals surface area contributed by atoms with Gasteiger partial charge in [-0.25, -0.2) is 4.98 Å². The SMILES string of the molecule is CCc1ccccc1N(C(C)=O)c1nc(COc2cc(C)ccc2[N+](=O)[O-])cs1. The summed E-state index contributed by atoms with van der Waals surface area (Å²) in [7, 11) is 0. The fraction of sp³-hybridized carbons (Fsp3) is 0.238. The number of carbonyl (C=O) groups excluding carboxylic acids is 1. The lowest BCUT2D eigenvalue weighted by Crippen LogP contribution is -2.23. The quantitative estimate of drug-likeness (QED) is 0.395. The van der Waals surface area contributed by atoms with Gasteiger partial charge in [-0.2, -0.15) is 0 Å². The number of thiazole rings is 1. The van der Waals surface area contributed by atoms with E-state index in [1.807, 2.05) is 38.1 Å². The van der Waals surface area contributed by atoms with E-state index < -0.39 is 4.92 Å². The summed E-state index contributed by atoms with van der Waals surface area (Å²) < 4.78 is 5.67. The molecule has 0 bridgehead atoms. The minimum Gasteiger partial charge on any atom is -0.480 e. The average molecular weight is 411 g/mol. The molecule has 1 amide bonds. The Bertz CT molecular complexity index is 1050. The van der Waals surface area contributed by atoms with E-state index in [1.165, 1.54) is 24.3 Å². The van der Waals surface area contributed by atoms with Crippen molar-refractivity contribution in [1.82, 2.24) is 4.98 Å². The zero-order valence-corrected chi connectivity index (χ0v) is 17.2. The Morgan fingerprint density at radius 3 is 2.72 bits per heavy atom. The topological polar surface area (TPSA) is 85.6 Å². The summed E-state index contributed by atoms with van der Waals surface area (Å²) in [5.74, 6) is 0.0614. The van der Waals surface area contributed by atoms with Gasteiger partial charge in [-0.3, -0.25) is 19.8 Å². The number of anilines is 2. The van der Waals surface area contributed by atoms with Crippen molar-refractivity contribution in [2.24, 2.45) is 0 Å². The van der Waals surface area contributed by atoms with Crippen LogP contribution in [0.4, 0.5) is 16.5 Å². The molecule has 0 fully saturated rings. The maximum atomic E-state index is 12.3. The molecule has 7 nitrogen and oxygen atoms in total. The molecule has 0 unspecified atom stereocenters. The van der Waals surface area contributed by atoms with Crippen LogP contribution in [0.3, 0.4) is 0 Å². The summed E-state index contributed by atoms with van der Waals surface area (Å²) >= 11 is 1.33. The highest BCUT2D eigenvalue weighted by Crippen LogP contribution is 2.33. The first-order valence-electron chi connectivity index (χ1n) is 9.11. The van der Waals surface area contributed by atoms with E-state index in [2.05, 4.69) is 4.98 Å². The first-order valence-corrected chi connectivity index (χ1v) is 9.99. The number of carbonyl (C=O) groups is 1. The van der Waals surface area contributed by atoms with Crippen LogP contribution in [0.15, 0.2) is 47.8 Å². The fourth-order valence-electron chi connectivity index (χ4n) is 2.94. The molecule has 0 radical (unpaired) electrons. The van der Waals surface area contributed by atoms with Crippen LogP contribution in [0.25, 0.3) is 0 Å². The van der Waals surface area contributed by atoms with Gasteiger partial charge >= 0.3 is 5.69 Å². The number of nitrogens with zero attached hydrogens (tertiary/aromatic N) is 3. The number of amides is 1. The van der Waals surface area contributed by atoms with Crippen molar-refractivity contribution in [2.75, 3.05) is 4.90 Å². The molecule has 0 saturated carbocycles. The van der Waals surface area contributed by atoms with E-state index >= 15 is 0 Å². The highest BCUT2D eigenvalue weighted by Gasteiger charge is 2.21. The lowest BCUT2D eigenvalue weighted by molar-refractivity contribution is -0.386. The van der Waals surface area contributed by atoms with Gasteiger partial charge in [0.15, 0.2) is 10.9 Å². The molecular formula is C21H21N3O4S. The molecule has 3 aromatic rings. The fourth-order valence-corrected chi connectivity index (χ4v) is 3.80. The van der Waals surface area contributed by atoms with Crippen molar-refractivity contribution in [3.8, 4) is 5.75 Å². The van der Waals surface area contributed by atoms with Gasteiger partial charge in [0, 0.05) is 18.4 Å². The Hall–Kier alpha value is -3.26. The summed E-state index contributed by atoms with van der Waals surface area (Å²) in [6, 6.07) is 12.4. The normalized spacial score (nSPS) is 10.6. The number of nitro benzene ring substituents is 1. The van der Waals surface area contributed by atoms with Crippen LogP contribution in [-0.2, 0) is 17.8 Å². The number of benzene rings is 2. The van der Waals surface area contributed by atoms with Crippen molar-refractivity contribution in [3.05, 3.63) is 74.8 Å². The van der Waals surface area contributed by atoms with E-state index in [9.17, 15) is 14.9 Å². The monoisotopic (exact) mass is 411 g/mol. The Kier molecular flexibility index (Phi) is 6.23. The van der Waals surface area contributed by atoms with E-state index in [1.54, 1.807) is 22.4 Å². The molecule has 0 spiro atoms. The van der Waals surface area contributed by atoms with Gasteiger partial charge in [-0.15, -0.1) is 11.3 Å². The lowest BCUT2D eigenvalue weighted by Gasteiger charge is -2.20. The lowest BCUT2D eigenvalue weighted by atomic mass is 10.1. The number of hydrogen-bond donors (Lipinski definition) is 0. The molecule has 0 N–H and O–H groups in total. The van der Waals surface area contributed by atoms with Crippen molar-refractivity contribution in [3.63, 3.8) is 0 Å². The largest absolute Gasteiger partial charge is 0.480 e. The molecule has 1 heterocycles. The number of aromatic nitrogens is 1. The molecule has 3 rings (SSSR count). The van der Waals surface area contributed by atoms with Gasteiger partial charge in [0.25, 0.3) is 0 Å². The van der Waals surface area contributed by atoms with Gasteiger partial charge in [0.05, 0.1) is 16.3 Å². The first-order chi connectivity index (χ1) is 13.9. The van der Waals surface area contributed by atoms with Crippen LogP contribution in [0, 0.1) is 17.0 Å². The van der Waals surface area contributed by atoms with Crippen molar-refractivity contribution < 1.29 is 14.5 Å². The molecule has 150 valence electrons. The molecule has 0 atom stereocenters. The van der Waals surface area contributed by atoms with Gasteiger partial charge in [0.1, 0.15) is 6.61 Å². The molecule has 2 aromatic carbocycles. The predicted molar refractivity (Wildman–Crippen MR) is 113 cm³/mol. The Morgan fingerprint density at radius 2 is 2.03 bits per heavy atom. The van der Waals surface area contributed by atoms with E-state index in [0.29, 0.717) is 10.8 Å². The number of para-hydroxylation sites is 1. The van der Waals surface area contributed by atoms with Crippen LogP contribution in [0.2, 0.25) is 0 Å². The molecule has 8 heteroatoms.